The number of ether oxygens (including phenoxy) is 1. The minimum Gasteiger partial charge on any atom is -0.354 e. The number of aryl methyl sites for hydroxylation is 1. The highest BCUT2D eigenvalue weighted by molar-refractivity contribution is 5.96. The number of carbonyl (C=O) groups excluding carboxylic acids is 3. The molecule has 0 saturated carbocycles. The fraction of sp³-hybridized carbons (Fsp3) is 0.423. The van der Waals surface area contributed by atoms with Crippen LogP contribution >= 0.6 is 0 Å². The van der Waals surface area contributed by atoms with E-state index in [0.717, 1.165) is 17.5 Å². The third-order valence-corrected chi connectivity index (χ3v) is 5.48. The Morgan fingerprint density at radius 1 is 0.882 bits per heavy atom. The molecule has 1 fully saturated rings. The first-order valence-electron chi connectivity index (χ1n) is 11.7. The molecule has 0 spiro atoms. The molecule has 0 radical (unpaired) electrons. The van der Waals surface area contributed by atoms with E-state index in [4.69, 9.17) is 9.57 Å². The summed E-state index contributed by atoms with van der Waals surface area (Å²) in [4.78, 5) is 42.9. The SMILES string of the molecule is CC(C)CCNC(=O)[C@@H](CCc1ccccc1)NC(=O)[C@H]1O[C@@H]1C(=O)NOCc1ccccc1. The first-order valence-corrected chi connectivity index (χ1v) is 11.7. The van der Waals surface area contributed by atoms with Gasteiger partial charge in [0.25, 0.3) is 11.8 Å². The second kappa shape index (κ2) is 12.9. The van der Waals surface area contributed by atoms with Gasteiger partial charge in [-0.25, -0.2) is 5.48 Å². The second-order valence-electron chi connectivity index (χ2n) is 8.78. The zero-order valence-electron chi connectivity index (χ0n) is 19.7. The summed E-state index contributed by atoms with van der Waals surface area (Å²) < 4.78 is 5.26. The lowest BCUT2D eigenvalue weighted by Crippen LogP contribution is -2.49. The average Bonchev–Trinajstić information content (AvgIpc) is 3.64. The van der Waals surface area contributed by atoms with Gasteiger partial charge in [-0.05, 0) is 36.3 Å². The lowest BCUT2D eigenvalue weighted by molar-refractivity contribution is -0.136. The van der Waals surface area contributed by atoms with Crippen molar-refractivity contribution in [1.29, 1.82) is 0 Å². The lowest BCUT2D eigenvalue weighted by Gasteiger charge is -2.18. The highest BCUT2D eigenvalue weighted by Crippen LogP contribution is 2.23. The molecule has 8 nitrogen and oxygen atoms in total. The fourth-order valence-electron chi connectivity index (χ4n) is 3.42. The van der Waals surface area contributed by atoms with Gasteiger partial charge in [-0.2, -0.15) is 0 Å². The van der Waals surface area contributed by atoms with E-state index in [9.17, 15) is 14.4 Å². The highest BCUT2D eigenvalue weighted by Gasteiger charge is 2.51. The molecular weight excluding hydrogens is 434 g/mol. The van der Waals surface area contributed by atoms with Crippen molar-refractivity contribution >= 4 is 17.7 Å². The van der Waals surface area contributed by atoms with E-state index in [-0.39, 0.29) is 12.5 Å². The predicted molar refractivity (Wildman–Crippen MR) is 127 cm³/mol. The standard InChI is InChI=1S/C26H33N3O5/c1-18(2)15-16-27-24(30)21(14-13-19-9-5-3-6-10-19)28-25(31)22-23(34-22)26(32)29-33-17-20-11-7-4-8-12-20/h3-12,18,21-23H,13-17H2,1-2H3,(H,27,30)(H,28,31)(H,29,32)/t21-,22+,23+/m1/s1. The molecular formula is C26H33N3O5. The Morgan fingerprint density at radius 3 is 2.15 bits per heavy atom. The number of benzene rings is 2. The van der Waals surface area contributed by atoms with Crippen molar-refractivity contribution in [3.05, 3.63) is 71.8 Å². The highest BCUT2D eigenvalue weighted by atomic mass is 16.7. The van der Waals surface area contributed by atoms with Crippen molar-refractivity contribution in [1.82, 2.24) is 16.1 Å². The molecule has 3 atom stereocenters. The minimum absolute atomic E-state index is 0.203. The minimum atomic E-state index is -0.942. The Morgan fingerprint density at radius 2 is 1.50 bits per heavy atom. The van der Waals surface area contributed by atoms with Crippen LogP contribution in [0.5, 0.6) is 0 Å². The van der Waals surface area contributed by atoms with E-state index in [1.807, 2.05) is 60.7 Å². The molecule has 3 amide bonds. The first kappa shape index (κ1) is 25.4. The summed E-state index contributed by atoms with van der Waals surface area (Å²) >= 11 is 0. The second-order valence-corrected chi connectivity index (χ2v) is 8.78. The number of nitrogens with one attached hydrogen (secondary N) is 3. The number of hydrogen-bond donors (Lipinski definition) is 3. The quantitative estimate of drug-likeness (QED) is 0.309. The third kappa shape index (κ3) is 8.28. The summed E-state index contributed by atoms with van der Waals surface area (Å²) in [5, 5.41) is 5.66. The maximum atomic E-state index is 12.8. The molecule has 0 aliphatic carbocycles. The summed E-state index contributed by atoms with van der Waals surface area (Å²) in [5.74, 6) is -0.794. The van der Waals surface area contributed by atoms with E-state index < -0.39 is 30.1 Å². The van der Waals surface area contributed by atoms with Crippen LogP contribution in [0.15, 0.2) is 60.7 Å². The number of hydrogen-bond acceptors (Lipinski definition) is 5. The van der Waals surface area contributed by atoms with Crippen LogP contribution in [-0.2, 0) is 37.0 Å². The van der Waals surface area contributed by atoms with Gasteiger partial charge in [0, 0.05) is 6.54 Å². The average molecular weight is 468 g/mol. The molecule has 1 aliphatic rings. The summed E-state index contributed by atoms with van der Waals surface area (Å²) in [6, 6.07) is 18.4. The summed E-state index contributed by atoms with van der Waals surface area (Å²) in [6.07, 6.45) is 0.0406. The molecule has 0 bridgehead atoms. The molecule has 1 heterocycles. The van der Waals surface area contributed by atoms with Crippen LogP contribution in [0.3, 0.4) is 0 Å². The number of hydroxylamine groups is 1. The monoisotopic (exact) mass is 467 g/mol. The zero-order valence-corrected chi connectivity index (χ0v) is 19.7. The van der Waals surface area contributed by atoms with Crippen LogP contribution in [0.2, 0.25) is 0 Å². The van der Waals surface area contributed by atoms with Gasteiger partial charge >= 0.3 is 0 Å². The largest absolute Gasteiger partial charge is 0.354 e. The normalized spacial score (nSPS) is 17.6. The van der Waals surface area contributed by atoms with Crippen molar-refractivity contribution < 1.29 is 24.0 Å². The van der Waals surface area contributed by atoms with Gasteiger partial charge in [-0.3, -0.25) is 19.2 Å². The molecule has 8 heteroatoms. The molecule has 0 unspecified atom stereocenters. The first-order chi connectivity index (χ1) is 16.4. The zero-order chi connectivity index (χ0) is 24.3. The van der Waals surface area contributed by atoms with Gasteiger partial charge in [0.15, 0.2) is 12.2 Å². The summed E-state index contributed by atoms with van der Waals surface area (Å²) in [7, 11) is 0. The van der Waals surface area contributed by atoms with E-state index in [1.165, 1.54) is 0 Å². The van der Waals surface area contributed by atoms with E-state index >= 15 is 0 Å². The molecule has 1 aliphatic heterocycles. The van der Waals surface area contributed by atoms with Crippen molar-refractivity contribution in [2.45, 2.75) is 58.0 Å². The lowest BCUT2D eigenvalue weighted by atomic mass is 10.0. The fourth-order valence-corrected chi connectivity index (χ4v) is 3.42. The van der Waals surface area contributed by atoms with Gasteiger partial charge in [0.05, 0.1) is 6.61 Å². The van der Waals surface area contributed by atoms with Gasteiger partial charge < -0.3 is 15.4 Å². The molecule has 2 aromatic carbocycles. The van der Waals surface area contributed by atoms with E-state index in [2.05, 4.69) is 30.0 Å². The smallest absolute Gasteiger partial charge is 0.275 e. The van der Waals surface area contributed by atoms with Crippen LogP contribution < -0.4 is 16.1 Å². The number of amides is 3. The Labute approximate surface area is 200 Å². The van der Waals surface area contributed by atoms with Crippen LogP contribution in [-0.4, -0.2) is 42.5 Å². The molecule has 34 heavy (non-hydrogen) atoms. The van der Waals surface area contributed by atoms with E-state index in [0.29, 0.717) is 25.3 Å². The number of carbonyl (C=O) groups is 3. The van der Waals surface area contributed by atoms with Crippen LogP contribution in [0.4, 0.5) is 0 Å². The molecule has 1 saturated heterocycles. The summed E-state index contributed by atoms with van der Waals surface area (Å²) in [5.41, 5.74) is 4.29. The van der Waals surface area contributed by atoms with Crippen LogP contribution in [0.25, 0.3) is 0 Å². The Balaban J connectivity index is 1.48. The van der Waals surface area contributed by atoms with Gasteiger partial charge in [0.1, 0.15) is 6.04 Å². The van der Waals surface area contributed by atoms with Crippen LogP contribution in [0, 0.1) is 5.92 Å². The van der Waals surface area contributed by atoms with Crippen LogP contribution in [0.1, 0.15) is 37.8 Å². The number of rotatable bonds is 13. The van der Waals surface area contributed by atoms with Crippen molar-refractivity contribution in [2.75, 3.05) is 6.54 Å². The molecule has 3 rings (SSSR count). The Hall–Kier alpha value is -3.23. The maximum Gasteiger partial charge on any atom is 0.275 e. The van der Waals surface area contributed by atoms with Crippen molar-refractivity contribution in [2.24, 2.45) is 5.92 Å². The van der Waals surface area contributed by atoms with Crippen molar-refractivity contribution in [3.8, 4) is 0 Å². The number of epoxide rings is 1. The molecule has 2 aromatic rings. The van der Waals surface area contributed by atoms with Crippen molar-refractivity contribution in [3.63, 3.8) is 0 Å². The summed E-state index contributed by atoms with van der Waals surface area (Å²) in [6.45, 7) is 4.91. The van der Waals surface area contributed by atoms with Gasteiger partial charge in [-0.1, -0.05) is 74.5 Å². The van der Waals surface area contributed by atoms with Gasteiger partial charge in [0.2, 0.25) is 5.91 Å². The maximum absolute atomic E-state index is 12.8. The Kier molecular flexibility index (Phi) is 9.61. The predicted octanol–water partition coefficient (Wildman–Crippen LogP) is 2.28. The van der Waals surface area contributed by atoms with Gasteiger partial charge in [-0.15, -0.1) is 0 Å². The third-order valence-electron chi connectivity index (χ3n) is 5.48. The van der Waals surface area contributed by atoms with E-state index in [1.54, 1.807) is 0 Å². The molecule has 182 valence electrons. The topological polar surface area (TPSA) is 109 Å². The molecule has 0 aromatic heterocycles. The Bertz CT molecular complexity index is 936. The molecule has 3 N–H and O–H groups in total.